The maximum Gasteiger partial charge on any atom is 0.264 e. The normalized spacial score (nSPS) is 11.2. The number of hydrogen-bond donors (Lipinski definition) is 1. The number of rotatable bonds is 6. The average Bonchev–Trinajstić information content (AvgIpc) is 2.72. The number of halogens is 2. The Bertz CT molecular complexity index is 1180. The van der Waals surface area contributed by atoms with Gasteiger partial charge in [0, 0.05) is 10.2 Å². The fourth-order valence-corrected chi connectivity index (χ4v) is 4.68. The molecule has 0 saturated carbocycles. The molecule has 3 aromatic carbocycles. The second-order valence-corrected chi connectivity index (χ2v) is 9.89. The van der Waals surface area contributed by atoms with E-state index in [1.54, 1.807) is 48.5 Å². The van der Waals surface area contributed by atoms with Gasteiger partial charge in [-0.1, -0.05) is 35.9 Å². The Balaban J connectivity index is 1.95. The highest BCUT2D eigenvalue weighted by Gasteiger charge is 2.27. The van der Waals surface area contributed by atoms with Gasteiger partial charge in [-0.15, -0.1) is 0 Å². The predicted molar refractivity (Wildman–Crippen MR) is 125 cm³/mol. The van der Waals surface area contributed by atoms with Crippen LogP contribution in [0.1, 0.15) is 11.1 Å². The summed E-state index contributed by atoms with van der Waals surface area (Å²) in [5, 5.41) is 3.15. The number of aryl methyl sites for hydroxylation is 2. The first-order chi connectivity index (χ1) is 14.2. The molecule has 3 rings (SSSR count). The van der Waals surface area contributed by atoms with E-state index in [2.05, 4.69) is 21.2 Å². The molecule has 30 heavy (non-hydrogen) atoms. The molecule has 0 aliphatic carbocycles. The lowest BCUT2D eigenvalue weighted by molar-refractivity contribution is -0.114. The molecule has 0 radical (unpaired) electrons. The zero-order chi connectivity index (χ0) is 21.9. The number of amides is 1. The van der Waals surface area contributed by atoms with E-state index in [1.807, 2.05) is 19.9 Å². The van der Waals surface area contributed by atoms with Gasteiger partial charge >= 0.3 is 0 Å². The third kappa shape index (κ3) is 5.03. The third-order valence-corrected chi connectivity index (χ3v) is 7.62. The van der Waals surface area contributed by atoms with E-state index < -0.39 is 15.9 Å². The van der Waals surface area contributed by atoms with Crippen LogP contribution >= 0.6 is 27.5 Å². The van der Waals surface area contributed by atoms with Crippen LogP contribution in [0.5, 0.6) is 0 Å². The van der Waals surface area contributed by atoms with E-state index in [0.717, 1.165) is 15.4 Å². The minimum atomic E-state index is -3.95. The zero-order valence-electron chi connectivity index (χ0n) is 16.4. The number of benzene rings is 3. The molecule has 0 fully saturated rings. The number of carbonyl (C=O) groups excluding carboxylic acids is 1. The number of sulfonamides is 1. The van der Waals surface area contributed by atoms with Crippen LogP contribution in [0.2, 0.25) is 5.02 Å². The van der Waals surface area contributed by atoms with Gasteiger partial charge in [-0.25, -0.2) is 8.42 Å². The van der Waals surface area contributed by atoms with Gasteiger partial charge in [0.1, 0.15) is 6.54 Å². The first-order valence-electron chi connectivity index (χ1n) is 9.08. The maximum atomic E-state index is 13.3. The molecular weight excluding hydrogens is 488 g/mol. The summed E-state index contributed by atoms with van der Waals surface area (Å²) in [5.41, 5.74) is 2.86. The summed E-state index contributed by atoms with van der Waals surface area (Å²) in [7, 11) is -3.95. The number of anilines is 2. The van der Waals surface area contributed by atoms with E-state index in [1.165, 1.54) is 12.1 Å². The van der Waals surface area contributed by atoms with Crippen LogP contribution in [0.15, 0.2) is 76.1 Å². The third-order valence-electron chi connectivity index (χ3n) is 4.60. The van der Waals surface area contributed by atoms with Gasteiger partial charge in [0.2, 0.25) is 5.91 Å². The van der Waals surface area contributed by atoms with E-state index in [0.29, 0.717) is 20.9 Å². The first kappa shape index (κ1) is 22.3. The Morgan fingerprint density at radius 1 is 1.00 bits per heavy atom. The Morgan fingerprint density at radius 3 is 2.33 bits per heavy atom. The molecule has 1 N–H and O–H groups in total. The lowest BCUT2D eigenvalue weighted by Crippen LogP contribution is -2.38. The van der Waals surface area contributed by atoms with Crippen molar-refractivity contribution in [3.05, 3.63) is 87.4 Å². The van der Waals surface area contributed by atoms with E-state index >= 15 is 0 Å². The lowest BCUT2D eigenvalue weighted by atomic mass is 10.1. The number of hydrogen-bond acceptors (Lipinski definition) is 3. The Kier molecular flexibility index (Phi) is 6.85. The zero-order valence-corrected chi connectivity index (χ0v) is 19.6. The van der Waals surface area contributed by atoms with Crippen molar-refractivity contribution in [2.45, 2.75) is 18.7 Å². The summed E-state index contributed by atoms with van der Waals surface area (Å²) in [5.74, 6) is -0.480. The summed E-state index contributed by atoms with van der Waals surface area (Å²) in [6.07, 6.45) is 0. The maximum absolute atomic E-state index is 13.3. The molecule has 1 amide bonds. The molecule has 8 heteroatoms. The molecule has 0 aliphatic heterocycles. The van der Waals surface area contributed by atoms with Gasteiger partial charge in [-0.3, -0.25) is 9.10 Å². The Morgan fingerprint density at radius 2 is 1.70 bits per heavy atom. The summed E-state index contributed by atoms with van der Waals surface area (Å²) < 4.78 is 28.5. The molecule has 5 nitrogen and oxygen atoms in total. The van der Waals surface area contributed by atoms with Crippen molar-refractivity contribution in [1.29, 1.82) is 0 Å². The number of nitrogens with zero attached hydrogens (tertiary/aromatic N) is 1. The summed E-state index contributed by atoms with van der Waals surface area (Å²) in [6, 6.07) is 18.3. The van der Waals surface area contributed by atoms with E-state index in [9.17, 15) is 13.2 Å². The van der Waals surface area contributed by atoms with Gasteiger partial charge < -0.3 is 5.32 Å². The van der Waals surface area contributed by atoms with Gasteiger partial charge in [0.25, 0.3) is 10.0 Å². The quantitative estimate of drug-likeness (QED) is 0.475. The van der Waals surface area contributed by atoms with Crippen molar-refractivity contribution < 1.29 is 13.2 Å². The van der Waals surface area contributed by atoms with Gasteiger partial charge in [-0.05, 0) is 83.4 Å². The van der Waals surface area contributed by atoms with Crippen LogP contribution in [0, 0.1) is 13.8 Å². The molecule has 156 valence electrons. The molecule has 0 aliphatic rings. The van der Waals surface area contributed by atoms with Crippen LogP contribution in [0.3, 0.4) is 0 Å². The van der Waals surface area contributed by atoms with Crippen molar-refractivity contribution in [2.24, 2.45) is 0 Å². The summed E-state index contributed by atoms with van der Waals surface area (Å²) in [6.45, 7) is 3.46. The van der Waals surface area contributed by atoms with Crippen molar-refractivity contribution in [3.8, 4) is 0 Å². The molecule has 0 unspecified atom stereocenters. The topological polar surface area (TPSA) is 66.5 Å². The van der Waals surface area contributed by atoms with Crippen LogP contribution in [0.25, 0.3) is 0 Å². The molecule has 0 atom stereocenters. The van der Waals surface area contributed by atoms with Crippen molar-refractivity contribution in [2.75, 3.05) is 16.2 Å². The summed E-state index contributed by atoms with van der Waals surface area (Å²) >= 11 is 9.38. The Labute approximate surface area is 189 Å². The SMILES string of the molecule is Cc1ccc(N(CC(=O)Nc2ccc(Br)c(Cl)c2)S(=O)(=O)c2ccccc2)cc1C. The standard InChI is InChI=1S/C22H20BrClN2O3S/c1-15-8-10-18(12-16(15)2)26(30(28,29)19-6-4-3-5-7-19)14-22(27)25-17-9-11-20(23)21(24)13-17/h3-13H,14H2,1-2H3,(H,25,27). The second-order valence-electron chi connectivity index (χ2n) is 6.77. The van der Waals surface area contributed by atoms with Crippen molar-refractivity contribution >= 4 is 54.8 Å². The van der Waals surface area contributed by atoms with Crippen LogP contribution in [-0.4, -0.2) is 20.9 Å². The van der Waals surface area contributed by atoms with Gasteiger partial charge in [0.15, 0.2) is 0 Å². The number of carbonyl (C=O) groups is 1. The van der Waals surface area contributed by atoms with Crippen LogP contribution < -0.4 is 9.62 Å². The highest BCUT2D eigenvalue weighted by atomic mass is 79.9. The largest absolute Gasteiger partial charge is 0.324 e. The molecular formula is C22H20BrClN2O3S. The van der Waals surface area contributed by atoms with Crippen LogP contribution in [-0.2, 0) is 14.8 Å². The molecule has 0 saturated heterocycles. The fourth-order valence-electron chi connectivity index (χ4n) is 2.82. The minimum Gasteiger partial charge on any atom is -0.324 e. The van der Waals surface area contributed by atoms with Crippen molar-refractivity contribution in [3.63, 3.8) is 0 Å². The smallest absolute Gasteiger partial charge is 0.264 e. The second kappa shape index (κ2) is 9.20. The highest BCUT2D eigenvalue weighted by Crippen LogP contribution is 2.27. The summed E-state index contributed by atoms with van der Waals surface area (Å²) in [4.78, 5) is 12.9. The fraction of sp³-hybridized carbons (Fsp3) is 0.136. The molecule has 0 aromatic heterocycles. The predicted octanol–water partition coefficient (Wildman–Crippen LogP) is 5.55. The Hall–Kier alpha value is -2.35. The first-order valence-corrected chi connectivity index (χ1v) is 11.7. The monoisotopic (exact) mass is 506 g/mol. The van der Waals surface area contributed by atoms with Crippen molar-refractivity contribution in [1.82, 2.24) is 0 Å². The molecule has 0 spiro atoms. The minimum absolute atomic E-state index is 0.114. The molecule has 0 bridgehead atoms. The van der Waals surface area contributed by atoms with Gasteiger partial charge in [-0.2, -0.15) is 0 Å². The molecule has 3 aromatic rings. The van der Waals surface area contributed by atoms with Gasteiger partial charge in [0.05, 0.1) is 15.6 Å². The average molecular weight is 508 g/mol. The van der Waals surface area contributed by atoms with Crippen LogP contribution in [0.4, 0.5) is 11.4 Å². The molecule has 0 heterocycles. The lowest BCUT2D eigenvalue weighted by Gasteiger charge is -2.25. The van der Waals surface area contributed by atoms with E-state index in [-0.39, 0.29) is 11.4 Å². The highest BCUT2D eigenvalue weighted by molar-refractivity contribution is 9.10. The van der Waals surface area contributed by atoms with E-state index in [4.69, 9.17) is 11.6 Å². The number of nitrogens with one attached hydrogen (secondary N) is 1.